The van der Waals surface area contributed by atoms with Gasteiger partial charge in [0.1, 0.15) is 5.75 Å². The van der Waals surface area contributed by atoms with Crippen molar-refractivity contribution in [1.82, 2.24) is 0 Å². The Morgan fingerprint density at radius 3 is 2.71 bits per heavy atom. The molecule has 4 nitrogen and oxygen atoms in total. The van der Waals surface area contributed by atoms with E-state index in [0.29, 0.717) is 26.1 Å². The molecule has 1 heterocycles. The highest BCUT2D eigenvalue weighted by Gasteiger charge is 2.22. The van der Waals surface area contributed by atoms with Crippen LogP contribution < -0.4 is 4.74 Å². The largest absolute Gasteiger partial charge is 0.497 e. The van der Waals surface area contributed by atoms with Crippen molar-refractivity contribution in [3.05, 3.63) is 54.1 Å². The van der Waals surface area contributed by atoms with E-state index in [1.54, 1.807) is 7.11 Å². The van der Waals surface area contributed by atoms with Crippen LogP contribution >= 0.6 is 0 Å². The molecular weight excluding hydrogens is 304 g/mol. The smallest absolute Gasteiger partial charge is 0.118 e. The van der Waals surface area contributed by atoms with Gasteiger partial charge in [0.2, 0.25) is 0 Å². The number of aliphatic hydroxyl groups excluding tert-OH is 1. The van der Waals surface area contributed by atoms with Crippen LogP contribution in [0.3, 0.4) is 0 Å². The number of hydrogen-bond donors (Lipinski definition) is 1. The summed E-state index contributed by atoms with van der Waals surface area (Å²) in [5, 5.41) is 10.3. The van der Waals surface area contributed by atoms with Gasteiger partial charge in [0.25, 0.3) is 0 Å². The van der Waals surface area contributed by atoms with Crippen LogP contribution in [0.4, 0.5) is 0 Å². The summed E-state index contributed by atoms with van der Waals surface area (Å²) in [5.74, 6) is 0.840. The molecule has 4 heteroatoms. The van der Waals surface area contributed by atoms with Gasteiger partial charge < -0.3 is 19.3 Å². The average Bonchev–Trinajstić information content (AvgIpc) is 2.70. The Labute approximate surface area is 144 Å². The van der Waals surface area contributed by atoms with Gasteiger partial charge >= 0.3 is 0 Å². The van der Waals surface area contributed by atoms with Gasteiger partial charge in [-0.25, -0.2) is 0 Å². The minimum Gasteiger partial charge on any atom is -0.497 e. The first kappa shape index (κ1) is 18.7. The van der Waals surface area contributed by atoms with Gasteiger partial charge in [-0.3, -0.25) is 0 Å². The molecule has 1 aromatic rings. The molecule has 0 bridgehead atoms. The van der Waals surface area contributed by atoms with Crippen molar-refractivity contribution >= 4 is 0 Å². The molecule has 0 aromatic heterocycles. The maximum absolute atomic E-state index is 10.3. The summed E-state index contributed by atoms with van der Waals surface area (Å²) < 4.78 is 16.9. The number of aliphatic hydroxyl groups is 1. The number of methoxy groups -OCH3 is 1. The second kappa shape index (κ2) is 10.3. The van der Waals surface area contributed by atoms with Crippen LogP contribution in [-0.4, -0.2) is 37.1 Å². The third-order valence-corrected chi connectivity index (χ3v) is 4.11. The van der Waals surface area contributed by atoms with Gasteiger partial charge in [-0.05, 0) is 37.0 Å². The Morgan fingerprint density at radius 2 is 2.00 bits per heavy atom. The average molecular weight is 332 g/mol. The van der Waals surface area contributed by atoms with Gasteiger partial charge in [-0.15, -0.1) is 0 Å². The van der Waals surface area contributed by atoms with Crippen LogP contribution in [0.15, 0.2) is 48.6 Å². The second-order valence-electron chi connectivity index (χ2n) is 5.93. The van der Waals surface area contributed by atoms with Gasteiger partial charge in [0, 0.05) is 6.61 Å². The van der Waals surface area contributed by atoms with Crippen molar-refractivity contribution in [2.24, 2.45) is 0 Å². The molecule has 24 heavy (non-hydrogen) atoms. The van der Waals surface area contributed by atoms with Crippen LogP contribution in [0.1, 0.15) is 31.7 Å². The first-order chi connectivity index (χ1) is 11.7. The number of benzene rings is 1. The van der Waals surface area contributed by atoms with Crippen LogP contribution in [-0.2, 0) is 16.1 Å². The molecule has 0 saturated heterocycles. The predicted molar refractivity (Wildman–Crippen MR) is 95.1 cm³/mol. The van der Waals surface area contributed by atoms with Crippen molar-refractivity contribution < 1.29 is 19.3 Å². The van der Waals surface area contributed by atoms with Crippen molar-refractivity contribution in [2.45, 2.75) is 51.1 Å². The molecule has 1 N–H and O–H groups in total. The standard InChI is InChI=1S/C20H28O4/c1-3-17-7-5-4-6-8-19(21)20(24-17)13-14-23-15-16-9-11-18(22-2)12-10-16/h4-7,9-12,17,19-21H,3,8,13-15H2,1-2H3/b6-4-,7-5-/t17-,19+,20-/m0/s1. The fourth-order valence-electron chi connectivity index (χ4n) is 2.60. The van der Waals surface area contributed by atoms with Gasteiger partial charge in [0.15, 0.2) is 0 Å². The highest BCUT2D eigenvalue weighted by atomic mass is 16.5. The van der Waals surface area contributed by atoms with Crippen LogP contribution in [0.2, 0.25) is 0 Å². The number of hydrogen-bond acceptors (Lipinski definition) is 4. The summed E-state index contributed by atoms with van der Waals surface area (Å²) in [6.45, 7) is 3.18. The maximum Gasteiger partial charge on any atom is 0.118 e. The van der Waals surface area contributed by atoms with Crippen LogP contribution in [0, 0.1) is 0 Å². The molecule has 0 amide bonds. The SMILES string of the molecule is CC[C@H]1/C=C\C=C/C[C@@H](O)[C@H](CCOCc2ccc(OC)cc2)O1. The number of rotatable bonds is 7. The van der Waals surface area contributed by atoms with Gasteiger partial charge in [0.05, 0.1) is 32.0 Å². The molecule has 0 saturated carbocycles. The fourth-order valence-corrected chi connectivity index (χ4v) is 2.60. The third kappa shape index (κ3) is 6.11. The summed E-state index contributed by atoms with van der Waals surface area (Å²) in [7, 11) is 1.65. The van der Waals surface area contributed by atoms with Crippen molar-refractivity contribution in [2.75, 3.05) is 13.7 Å². The van der Waals surface area contributed by atoms with Crippen molar-refractivity contribution in [3.8, 4) is 5.75 Å². The van der Waals surface area contributed by atoms with E-state index < -0.39 is 6.10 Å². The fraction of sp³-hybridized carbons (Fsp3) is 0.500. The summed E-state index contributed by atoms with van der Waals surface area (Å²) in [6, 6.07) is 7.84. The lowest BCUT2D eigenvalue weighted by atomic mass is 10.1. The molecule has 3 atom stereocenters. The second-order valence-corrected chi connectivity index (χ2v) is 5.93. The molecule has 1 aliphatic heterocycles. The van der Waals surface area contributed by atoms with E-state index in [0.717, 1.165) is 17.7 Å². The predicted octanol–water partition coefficient (Wildman–Crippen LogP) is 3.64. The minimum atomic E-state index is -0.500. The number of ether oxygens (including phenoxy) is 3. The van der Waals surface area contributed by atoms with E-state index in [-0.39, 0.29) is 12.2 Å². The monoisotopic (exact) mass is 332 g/mol. The Balaban J connectivity index is 1.79. The lowest BCUT2D eigenvalue weighted by Crippen LogP contribution is -2.33. The normalized spacial score (nSPS) is 26.9. The summed E-state index contributed by atoms with van der Waals surface area (Å²) in [5.41, 5.74) is 1.10. The van der Waals surface area contributed by atoms with Crippen molar-refractivity contribution in [3.63, 3.8) is 0 Å². The zero-order valence-corrected chi connectivity index (χ0v) is 14.6. The first-order valence-corrected chi connectivity index (χ1v) is 8.60. The van der Waals surface area contributed by atoms with Crippen LogP contribution in [0.25, 0.3) is 0 Å². The zero-order valence-electron chi connectivity index (χ0n) is 14.6. The van der Waals surface area contributed by atoms with Crippen LogP contribution in [0.5, 0.6) is 5.75 Å². The molecule has 0 fully saturated rings. The van der Waals surface area contributed by atoms with Crippen molar-refractivity contribution in [1.29, 1.82) is 0 Å². The lowest BCUT2D eigenvalue weighted by Gasteiger charge is -2.25. The van der Waals surface area contributed by atoms with Gasteiger partial charge in [-0.1, -0.05) is 43.4 Å². The molecule has 0 radical (unpaired) electrons. The lowest BCUT2D eigenvalue weighted by molar-refractivity contribution is -0.0747. The Morgan fingerprint density at radius 1 is 1.21 bits per heavy atom. The first-order valence-electron chi connectivity index (χ1n) is 8.60. The molecule has 2 rings (SSSR count). The van der Waals surface area contributed by atoms with E-state index in [2.05, 4.69) is 6.92 Å². The Kier molecular flexibility index (Phi) is 8.02. The topological polar surface area (TPSA) is 47.9 Å². The third-order valence-electron chi connectivity index (χ3n) is 4.11. The summed E-state index contributed by atoms with van der Waals surface area (Å²) in [6.07, 6.45) is 9.47. The number of allylic oxidation sites excluding steroid dienone is 2. The van der Waals surface area contributed by atoms with E-state index in [1.807, 2.05) is 48.6 Å². The van der Waals surface area contributed by atoms with E-state index in [4.69, 9.17) is 14.2 Å². The Bertz CT molecular complexity index is 521. The molecule has 132 valence electrons. The molecule has 0 aliphatic carbocycles. The highest BCUT2D eigenvalue weighted by Crippen LogP contribution is 2.17. The van der Waals surface area contributed by atoms with Gasteiger partial charge in [-0.2, -0.15) is 0 Å². The zero-order chi connectivity index (χ0) is 17.2. The molecule has 0 spiro atoms. The molecule has 1 aromatic carbocycles. The molecular formula is C20H28O4. The summed E-state index contributed by atoms with van der Waals surface area (Å²) in [4.78, 5) is 0. The van der Waals surface area contributed by atoms with E-state index in [1.165, 1.54) is 0 Å². The minimum absolute atomic E-state index is 0.0361. The summed E-state index contributed by atoms with van der Waals surface area (Å²) >= 11 is 0. The Hall–Kier alpha value is -1.62. The molecule has 1 aliphatic rings. The maximum atomic E-state index is 10.3. The van der Waals surface area contributed by atoms with E-state index >= 15 is 0 Å². The quantitative estimate of drug-likeness (QED) is 0.775. The highest BCUT2D eigenvalue weighted by molar-refractivity contribution is 5.26. The van der Waals surface area contributed by atoms with E-state index in [9.17, 15) is 5.11 Å². The molecule has 0 unspecified atom stereocenters.